The molecule has 5 rings (SSSR count). The standard InChI is InChI=1S/C33H39N7O3/c1-20(37-19-21(2)40-14-6-7-27(40)18-34)17-33(31-38-32(42)43-39-31)28-12-10-23(22(3)35-4)15-24(28)8-9-25-16-26(30(41)36-5)11-13-29(25)33/h10-13,15-16,20,27,35,37H,2-3,6-9,14,17,19H2,1,4-5H3,(H,36,41)(H,38,39,42)/t20-,27?,33?/m0/s1. The minimum absolute atomic E-state index is 0.0792. The van der Waals surface area contributed by atoms with E-state index < -0.39 is 11.2 Å². The Balaban J connectivity index is 1.62. The van der Waals surface area contributed by atoms with Gasteiger partial charge < -0.3 is 25.4 Å². The molecular weight excluding hydrogens is 542 g/mol. The van der Waals surface area contributed by atoms with E-state index in [1.54, 1.807) is 7.05 Å². The van der Waals surface area contributed by atoms with Gasteiger partial charge in [-0.25, -0.2) is 9.95 Å². The topological polar surface area (TPSA) is 139 Å². The molecule has 10 nitrogen and oxygen atoms in total. The second-order valence-electron chi connectivity index (χ2n) is 11.4. The molecule has 1 aromatic heterocycles. The highest BCUT2D eigenvalue weighted by Crippen LogP contribution is 2.47. The highest BCUT2D eigenvalue weighted by molar-refractivity contribution is 5.94. The first kappa shape index (κ1) is 29.9. The number of nitriles is 1. The van der Waals surface area contributed by atoms with Crippen LogP contribution in [0, 0.1) is 11.3 Å². The van der Waals surface area contributed by atoms with Gasteiger partial charge in [0.2, 0.25) is 0 Å². The Morgan fingerprint density at radius 3 is 2.44 bits per heavy atom. The Bertz CT molecular complexity index is 1580. The summed E-state index contributed by atoms with van der Waals surface area (Å²) in [4.78, 5) is 31.5. The van der Waals surface area contributed by atoms with Crippen LogP contribution < -0.4 is 21.7 Å². The van der Waals surface area contributed by atoms with E-state index in [1.165, 1.54) is 0 Å². The number of hydrogen-bond acceptors (Lipinski definition) is 8. The zero-order chi connectivity index (χ0) is 30.7. The average Bonchev–Trinajstić information content (AvgIpc) is 3.67. The Labute approximate surface area is 251 Å². The molecule has 0 spiro atoms. The minimum atomic E-state index is -0.898. The molecule has 0 radical (unpaired) electrons. The molecule has 1 aliphatic heterocycles. The first-order chi connectivity index (χ1) is 20.7. The van der Waals surface area contributed by atoms with Crippen LogP contribution in [-0.2, 0) is 18.3 Å². The van der Waals surface area contributed by atoms with E-state index in [-0.39, 0.29) is 18.0 Å². The van der Waals surface area contributed by atoms with Gasteiger partial charge in [0.15, 0.2) is 5.82 Å². The summed E-state index contributed by atoms with van der Waals surface area (Å²) in [5.74, 6) is -0.454. The second kappa shape index (κ2) is 12.3. The van der Waals surface area contributed by atoms with Crippen LogP contribution in [0.4, 0.5) is 0 Å². The maximum atomic E-state index is 12.6. The van der Waals surface area contributed by atoms with Crippen LogP contribution in [0.25, 0.3) is 5.70 Å². The summed E-state index contributed by atoms with van der Waals surface area (Å²) in [6, 6.07) is 14.2. The monoisotopic (exact) mass is 581 g/mol. The lowest BCUT2D eigenvalue weighted by Gasteiger charge is -2.37. The molecule has 1 aliphatic carbocycles. The van der Waals surface area contributed by atoms with E-state index >= 15 is 0 Å². The highest BCUT2D eigenvalue weighted by Gasteiger charge is 2.45. The molecule has 2 aromatic carbocycles. The number of carbonyl (C=O) groups is 1. The van der Waals surface area contributed by atoms with E-state index in [0.29, 0.717) is 30.8 Å². The molecule has 43 heavy (non-hydrogen) atoms. The number of rotatable bonds is 10. The van der Waals surface area contributed by atoms with Crippen molar-refractivity contribution in [3.05, 3.63) is 105 Å². The minimum Gasteiger partial charge on any atom is -0.388 e. The Hall–Kier alpha value is -4.62. The maximum Gasteiger partial charge on any atom is 0.459 e. The van der Waals surface area contributed by atoms with Crippen molar-refractivity contribution >= 4 is 11.6 Å². The van der Waals surface area contributed by atoms with E-state index in [4.69, 9.17) is 4.52 Å². The van der Waals surface area contributed by atoms with Gasteiger partial charge in [-0.2, -0.15) is 10.2 Å². The molecule has 3 aromatic rings. The van der Waals surface area contributed by atoms with Gasteiger partial charge in [0.25, 0.3) is 5.91 Å². The summed E-state index contributed by atoms with van der Waals surface area (Å²) in [6.07, 6.45) is 3.76. The first-order valence-corrected chi connectivity index (χ1v) is 14.7. The Morgan fingerprint density at radius 1 is 1.16 bits per heavy atom. The molecule has 0 saturated carbocycles. The fraction of sp³-hybridized carbons (Fsp3) is 0.394. The van der Waals surface area contributed by atoms with Crippen LogP contribution in [-0.4, -0.2) is 60.2 Å². The van der Waals surface area contributed by atoms with E-state index in [2.05, 4.69) is 69.3 Å². The number of nitrogens with zero attached hydrogens (tertiary/aromatic N) is 3. The van der Waals surface area contributed by atoms with Gasteiger partial charge >= 0.3 is 5.76 Å². The quantitative estimate of drug-likeness (QED) is 0.286. The van der Waals surface area contributed by atoms with E-state index in [0.717, 1.165) is 65.0 Å². The average molecular weight is 582 g/mol. The molecule has 2 unspecified atom stereocenters. The number of nitrogens with one attached hydrogen (secondary N) is 4. The third kappa shape index (κ3) is 5.60. The van der Waals surface area contributed by atoms with Crippen molar-refractivity contribution in [1.82, 2.24) is 31.0 Å². The largest absolute Gasteiger partial charge is 0.459 e. The maximum absolute atomic E-state index is 12.6. The van der Waals surface area contributed by atoms with Crippen LogP contribution in [0.5, 0.6) is 0 Å². The van der Waals surface area contributed by atoms with E-state index in [9.17, 15) is 14.9 Å². The van der Waals surface area contributed by atoms with Crippen molar-refractivity contribution in [2.45, 2.75) is 56.5 Å². The van der Waals surface area contributed by atoms with Gasteiger partial charge in [-0.1, -0.05) is 31.4 Å². The summed E-state index contributed by atoms with van der Waals surface area (Å²) in [6.45, 7) is 11.9. The van der Waals surface area contributed by atoms with Crippen LogP contribution in [0.15, 0.2) is 64.6 Å². The first-order valence-electron chi connectivity index (χ1n) is 14.7. The lowest BCUT2D eigenvalue weighted by atomic mass is 9.67. The fourth-order valence-electron chi connectivity index (χ4n) is 6.65. The van der Waals surface area contributed by atoms with Crippen molar-refractivity contribution in [2.24, 2.45) is 0 Å². The molecule has 4 N–H and O–H groups in total. The fourth-order valence-corrected chi connectivity index (χ4v) is 6.65. The van der Waals surface area contributed by atoms with Gasteiger partial charge in [0, 0.05) is 50.2 Å². The van der Waals surface area contributed by atoms with E-state index in [1.807, 2.05) is 31.3 Å². The Kier molecular flexibility index (Phi) is 8.55. The van der Waals surface area contributed by atoms with Crippen molar-refractivity contribution in [3.8, 4) is 6.07 Å². The summed E-state index contributed by atoms with van der Waals surface area (Å²) >= 11 is 0. The normalized spacial score (nSPS) is 19.9. The van der Waals surface area contributed by atoms with Crippen LogP contribution in [0.3, 0.4) is 0 Å². The van der Waals surface area contributed by atoms with Crippen molar-refractivity contribution in [1.29, 1.82) is 5.26 Å². The predicted molar refractivity (Wildman–Crippen MR) is 165 cm³/mol. The number of H-pyrrole nitrogens is 1. The van der Waals surface area contributed by atoms with Crippen LogP contribution in [0.1, 0.15) is 70.2 Å². The predicted octanol–water partition coefficient (Wildman–Crippen LogP) is 3.22. The number of likely N-dealkylation sites (tertiary alicyclic amines) is 1. The molecule has 0 bridgehead atoms. The molecule has 2 aliphatic rings. The number of fused-ring (bicyclic) bond motifs is 2. The lowest BCUT2D eigenvalue weighted by Crippen LogP contribution is -2.42. The zero-order valence-electron chi connectivity index (χ0n) is 25.0. The smallest absolute Gasteiger partial charge is 0.388 e. The number of amides is 1. The zero-order valence-corrected chi connectivity index (χ0v) is 25.0. The highest BCUT2D eigenvalue weighted by atomic mass is 16.5. The summed E-state index contributed by atoms with van der Waals surface area (Å²) in [5, 5.41) is 21.9. The number of aromatic nitrogens is 2. The molecule has 10 heteroatoms. The molecular formula is C33H39N7O3. The molecule has 1 fully saturated rings. The summed E-state index contributed by atoms with van der Waals surface area (Å²) in [5.41, 5.74) is 6.39. The number of aryl methyl sites for hydroxylation is 2. The van der Waals surface area contributed by atoms with Crippen molar-refractivity contribution in [2.75, 3.05) is 27.2 Å². The molecule has 3 atom stereocenters. The van der Waals surface area contributed by atoms with Gasteiger partial charge in [-0.05, 0) is 85.0 Å². The van der Waals surface area contributed by atoms with Gasteiger partial charge in [0.1, 0.15) is 6.04 Å². The molecule has 224 valence electrons. The lowest BCUT2D eigenvalue weighted by molar-refractivity contribution is 0.0963. The second-order valence-corrected chi connectivity index (χ2v) is 11.4. The molecule has 1 saturated heterocycles. The number of hydrogen-bond donors (Lipinski definition) is 4. The van der Waals surface area contributed by atoms with Crippen LogP contribution in [0.2, 0.25) is 0 Å². The van der Waals surface area contributed by atoms with Gasteiger partial charge in [-0.3, -0.25) is 4.79 Å². The molecule has 1 amide bonds. The number of benzene rings is 2. The summed E-state index contributed by atoms with van der Waals surface area (Å²) in [7, 11) is 3.46. The van der Waals surface area contributed by atoms with Crippen molar-refractivity contribution in [3.63, 3.8) is 0 Å². The van der Waals surface area contributed by atoms with Gasteiger partial charge in [-0.15, -0.1) is 0 Å². The number of carbonyl (C=O) groups excluding carboxylic acids is 1. The SMILES string of the molecule is C=C(NC)c1ccc2c(c1)CCc1cc(C(=O)NC)ccc1C2(C[C@H](C)NCC(=C)N1CCCC1C#N)c1nc(=O)o[nH]1. The van der Waals surface area contributed by atoms with Crippen molar-refractivity contribution < 1.29 is 9.32 Å². The number of aromatic amines is 1. The van der Waals surface area contributed by atoms with Crippen LogP contribution >= 0.6 is 0 Å². The van der Waals surface area contributed by atoms with Gasteiger partial charge in [0.05, 0.1) is 11.5 Å². The Morgan fingerprint density at radius 2 is 1.84 bits per heavy atom. The third-order valence-electron chi connectivity index (χ3n) is 8.85. The summed E-state index contributed by atoms with van der Waals surface area (Å²) < 4.78 is 5.19. The third-order valence-corrected chi connectivity index (χ3v) is 8.85. The molecule has 2 heterocycles.